The van der Waals surface area contributed by atoms with Crippen molar-refractivity contribution in [3.63, 3.8) is 0 Å². The number of hydrogen-bond donors (Lipinski definition) is 2. The number of aromatic nitrogens is 4. The van der Waals surface area contributed by atoms with Crippen LogP contribution in [0.25, 0.3) is 0 Å². The molecule has 1 unspecified atom stereocenters. The summed E-state index contributed by atoms with van der Waals surface area (Å²) in [5, 5.41) is 16.7. The molecule has 2 aromatic rings. The smallest absolute Gasteiger partial charge is 0.251 e. The van der Waals surface area contributed by atoms with Crippen LogP contribution in [-0.2, 0) is 0 Å². The Bertz CT molecular complexity index is 559. The quantitative estimate of drug-likeness (QED) is 0.801. The lowest BCUT2D eigenvalue weighted by Crippen LogP contribution is -2.27. The number of rotatable bonds is 3. The zero-order chi connectivity index (χ0) is 13.1. The van der Waals surface area contributed by atoms with Crippen molar-refractivity contribution >= 4 is 40.1 Å². The number of benzene rings is 1. The predicted molar refractivity (Wildman–Crippen MR) is 74.2 cm³/mol. The highest BCUT2D eigenvalue weighted by atomic mass is 127. The minimum absolute atomic E-state index is 0.231. The number of hydrogen-bond acceptors (Lipinski definition) is 4. The summed E-state index contributed by atoms with van der Waals surface area (Å²) in [4.78, 5) is 12.0. The summed E-state index contributed by atoms with van der Waals surface area (Å²) >= 11 is 8.07. The van der Waals surface area contributed by atoms with E-state index < -0.39 is 0 Å². The first-order valence-corrected chi connectivity index (χ1v) is 6.53. The molecule has 2 N–H and O–H groups in total. The molecule has 1 aromatic heterocycles. The number of nitrogens with zero attached hydrogens (tertiary/aromatic N) is 3. The molecular weight excluding hydrogens is 369 g/mol. The Morgan fingerprint density at radius 3 is 2.94 bits per heavy atom. The molecular formula is C10H9ClIN5O. The monoisotopic (exact) mass is 377 g/mol. The van der Waals surface area contributed by atoms with Crippen molar-refractivity contribution in [1.82, 2.24) is 25.9 Å². The molecule has 1 amide bonds. The van der Waals surface area contributed by atoms with Crippen LogP contribution in [0, 0.1) is 3.57 Å². The number of amides is 1. The van der Waals surface area contributed by atoms with Crippen LogP contribution in [-0.4, -0.2) is 26.5 Å². The number of carbonyl (C=O) groups excluding carboxylic acids is 1. The van der Waals surface area contributed by atoms with Gasteiger partial charge in [0.1, 0.15) is 0 Å². The van der Waals surface area contributed by atoms with Gasteiger partial charge in [-0.05, 0) is 47.7 Å². The fourth-order valence-corrected chi connectivity index (χ4v) is 1.85. The van der Waals surface area contributed by atoms with Crippen molar-refractivity contribution in [1.29, 1.82) is 0 Å². The largest absolute Gasteiger partial charge is 0.342 e. The lowest BCUT2D eigenvalue weighted by Gasteiger charge is -2.10. The van der Waals surface area contributed by atoms with Crippen LogP contribution in [0.15, 0.2) is 18.2 Å². The van der Waals surface area contributed by atoms with Crippen LogP contribution in [0.4, 0.5) is 0 Å². The van der Waals surface area contributed by atoms with Gasteiger partial charge >= 0.3 is 0 Å². The minimum Gasteiger partial charge on any atom is -0.342 e. The summed E-state index contributed by atoms with van der Waals surface area (Å²) in [6.07, 6.45) is 0. The molecule has 0 aliphatic carbocycles. The molecule has 0 aliphatic rings. The van der Waals surface area contributed by atoms with E-state index in [1.54, 1.807) is 25.1 Å². The van der Waals surface area contributed by atoms with Crippen LogP contribution in [0.2, 0.25) is 5.02 Å². The first-order valence-electron chi connectivity index (χ1n) is 5.07. The number of H-pyrrole nitrogens is 1. The van der Waals surface area contributed by atoms with Crippen molar-refractivity contribution in [2.75, 3.05) is 0 Å². The van der Waals surface area contributed by atoms with E-state index in [2.05, 4.69) is 48.5 Å². The van der Waals surface area contributed by atoms with Gasteiger partial charge in [0, 0.05) is 9.13 Å². The summed E-state index contributed by atoms with van der Waals surface area (Å²) in [7, 11) is 0. The van der Waals surface area contributed by atoms with Gasteiger partial charge < -0.3 is 5.32 Å². The lowest BCUT2D eigenvalue weighted by atomic mass is 10.2. The third kappa shape index (κ3) is 2.96. The van der Waals surface area contributed by atoms with Gasteiger partial charge in [-0.3, -0.25) is 4.79 Å². The molecule has 8 heteroatoms. The third-order valence-electron chi connectivity index (χ3n) is 2.28. The Kier molecular flexibility index (Phi) is 4.12. The Morgan fingerprint density at radius 1 is 1.56 bits per heavy atom. The van der Waals surface area contributed by atoms with Crippen molar-refractivity contribution < 1.29 is 4.79 Å². The Labute approximate surface area is 122 Å². The standard InChI is InChI=1S/C10H9ClIN5O/c1-5(9-14-16-17-15-9)13-10(18)6-2-3-8(12)7(11)4-6/h2-5H,1H3,(H,13,18)(H,14,15,16,17). The highest BCUT2D eigenvalue weighted by molar-refractivity contribution is 14.1. The van der Waals surface area contributed by atoms with Crippen molar-refractivity contribution in [3.8, 4) is 0 Å². The van der Waals surface area contributed by atoms with E-state index in [1.807, 2.05) is 0 Å². The van der Waals surface area contributed by atoms with E-state index in [4.69, 9.17) is 11.6 Å². The average molecular weight is 378 g/mol. The number of carbonyl (C=O) groups is 1. The first kappa shape index (κ1) is 13.2. The van der Waals surface area contributed by atoms with Crippen LogP contribution >= 0.6 is 34.2 Å². The second kappa shape index (κ2) is 5.61. The summed E-state index contributed by atoms with van der Waals surface area (Å²) in [6.45, 7) is 1.77. The molecule has 0 bridgehead atoms. The van der Waals surface area contributed by atoms with Gasteiger partial charge in [0.2, 0.25) is 0 Å². The Hall–Kier alpha value is -1.22. The van der Waals surface area contributed by atoms with Gasteiger partial charge in [0.25, 0.3) is 5.91 Å². The summed E-state index contributed by atoms with van der Waals surface area (Å²) in [5.74, 6) is 0.200. The van der Waals surface area contributed by atoms with Crippen molar-refractivity contribution in [3.05, 3.63) is 38.2 Å². The molecule has 0 saturated carbocycles. The summed E-state index contributed by atoms with van der Waals surface area (Å²) in [6, 6.07) is 4.80. The average Bonchev–Trinajstić information content (AvgIpc) is 2.86. The van der Waals surface area contributed by atoms with E-state index >= 15 is 0 Å². The van der Waals surface area contributed by atoms with Gasteiger partial charge in [-0.15, -0.1) is 10.2 Å². The van der Waals surface area contributed by atoms with Gasteiger partial charge in [-0.25, -0.2) is 0 Å². The fraction of sp³-hybridized carbons (Fsp3) is 0.200. The van der Waals surface area contributed by atoms with E-state index in [-0.39, 0.29) is 11.9 Å². The molecule has 1 atom stereocenters. The van der Waals surface area contributed by atoms with Gasteiger partial charge in [-0.2, -0.15) is 5.21 Å². The number of aromatic amines is 1. The van der Waals surface area contributed by atoms with E-state index in [9.17, 15) is 4.79 Å². The van der Waals surface area contributed by atoms with Gasteiger partial charge in [0.05, 0.1) is 11.1 Å². The molecule has 0 fully saturated rings. The topological polar surface area (TPSA) is 83.6 Å². The normalized spacial score (nSPS) is 12.2. The lowest BCUT2D eigenvalue weighted by molar-refractivity contribution is 0.0938. The van der Waals surface area contributed by atoms with Crippen LogP contribution in [0.1, 0.15) is 29.1 Å². The molecule has 1 aromatic carbocycles. The molecule has 1 heterocycles. The molecule has 0 spiro atoms. The number of tetrazole rings is 1. The summed E-state index contributed by atoms with van der Waals surface area (Å²) in [5.41, 5.74) is 0.496. The van der Waals surface area contributed by atoms with Gasteiger partial charge in [-0.1, -0.05) is 16.8 Å². The van der Waals surface area contributed by atoms with E-state index in [0.29, 0.717) is 16.4 Å². The number of nitrogens with one attached hydrogen (secondary N) is 2. The predicted octanol–water partition coefficient (Wildman–Crippen LogP) is 1.95. The van der Waals surface area contributed by atoms with Crippen LogP contribution < -0.4 is 5.32 Å². The Balaban J connectivity index is 2.10. The zero-order valence-electron chi connectivity index (χ0n) is 9.32. The van der Waals surface area contributed by atoms with Crippen molar-refractivity contribution in [2.45, 2.75) is 13.0 Å². The highest BCUT2D eigenvalue weighted by Crippen LogP contribution is 2.19. The zero-order valence-corrected chi connectivity index (χ0v) is 12.2. The maximum atomic E-state index is 12.0. The second-order valence-electron chi connectivity index (χ2n) is 3.59. The van der Waals surface area contributed by atoms with E-state index in [0.717, 1.165) is 3.57 Å². The molecule has 0 radical (unpaired) electrons. The highest BCUT2D eigenvalue weighted by Gasteiger charge is 2.15. The van der Waals surface area contributed by atoms with Crippen LogP contribution in [0.5, 0.6) is 0 Å². The maximum Gasteiger partial charge on any atom is 0.251 e. The minimum atomic E-state index is -0.325. The number of halogens is 2. The van der Waals surface area contributed by atoms with Crippen molar-refractivity contribution in [2.24, 2.45) is 0 Å². The molecule has 18 heavy (non-hydrogen) atoms. The third-order valence-corrected chi connectivity index (χ3v) is 3.85. The second-order valence-corrected chi connectivity index (χ2v) is 5.16. The van der Waals surface area contributed by atoms with Crippen LogP contribution in [0.3, 0.4) is 0 Å². The van der Waals surface area contributed by atoms with Gasteiger partial charge in [0.15, 0.2) is 5.82 Å². The molecule has 0 aliphatic heterocycles. The molecule has 2 rings (SSSR count). The van der Waals surface area contributed by atoms with E-state index in [1.165, 1.54) is 0 Å². The molecule has 6 nitrogen and oxygen atoms in total. The molecule has 94 valence electrons. The first-order chi connectivity index (χ1) is 8.58. The maximum absolute atomic E-state index is 12.0. The Morgan fingerprint density at radius 2 is 2.33 bits per heavy atom. The SMILES string of the molecule is CC(NC(=O)c1ccc(I)c(Cl)c1)c1nn[nH]n1. The fourth-order valence-electron chi connectivity index (χ4n) is 1.33. The molecule has 0 saturated heterocycles. The summed E-state index contributed by atoms with van der Waals surface area (Å²) < 4.78 is 0.900.